The topological polar surface area (TPSA) is 66.9 Å². The summed E-state index contributed by atoms with van der Waals surface area (Å²) >= 11 is 3.08. The fourth-order valence-electron chi connectivity index (χ4n) is 1.83. The molecule has 1 amide bonds. The summed E-state index contributed by atoms with van der Waals surface area (Å²) in [5.74, 6) is 0.559. The monoisotopic (exact) mass is 330 g/mol. The molecule has 3 heterocycles. The molecule has 0 aliphatic carbocycles. The number of carbonyl (C=O) groups is 1. The fraction of sp³-hybridized carbons (Fsp3) is 0.133. The third-order valence-corrected chi connectivity index (χ3v) is 4.57. The van der Waals surface area contributed by atoms with Crippen molar-refractivity contribution in [1.82, 2.24) is 15.3 Å². The van der Waals surface area contributed by atoms with Gasteiger partial charge in [-0.05, 0) is 30.0 Å². The number of thiophene rings is 1. The molecule has 7 heteroatoms. The summed E-state index contributed by atoms with van der Waals surface area (Å²) in [6.45, 7) is 0.611. The van der Waals surface area contributed by atoms with Crippen LogP contribution in [0.25, 0.3) is 0 Å². The van der Waals surface area contributed by atoms with E-state index >= 15 is 0 Å². The second-order valence-electron chi connectivity index (χ2n) is 4.46. The molecule has 0 spiro atoms. The lowest BCUT2D eigenvalue weighted by molar-refractivity contribution is 0.0950. The third-order valence-electron chi connectivity index (χ3n) is 2.87. The van der Waals surface area contributed by atoms with E-state index < -0.39 is 0 Å². The van der Waals surface area contributed by atoms with Gasteiger partial charge in [-0.2, -0.15) is 0 Å². The van der Waals surface area contributed by atoms with E-state index in [1.54, 1.807) is 22.9 Å². The van der Waals surface area contributed by atoms with Gasteiger partial charge in [-0.25, -0.2) is 9.97 Å². The molecule has 2 N–H and O–H groups in total. The number of hydrogen-bond acceptors (Lipinski definition) is 6. The molecular weight excluding hydrogens is 316 g/mol. The molecule has 5 nitrogen and oxygen atoms in total. The molecule has 3 rings (SSSR count). The highest BCUT2D eigenvalue weighted by Gasteiger charge is 2.10. The molecule has 0 radical (unpaired) electrons. The van der Waals surface area contributed by atoms with Gasteiger partial charge in [0.15, 0.2) is 5.13 Å². The maximum Gasteiger partial charge on any atom is 0.270 e. The van der Waals surface area contributed by atoms with Crippen LogP contribution < -0.4 is 10.6 Å². The van der Waals surface area contributed by atoms with E-state index in [4.69, 9.17) is 0 Å². The normalized spacial score (nSPS) is 10.4. The highest BCUT2D eigenvalue weighted by molar-refractivity contribution is 7.14. The van der Waals surface area contributed by atoms with E-state index in [-0.39, 0.29) is 5.91 Å². The van der Waals surface area contributed by atoms with E-state index in [0.717, 1.165) is 6.42 Å². The van der Waals surface area contributed by atoms with Crippen LogP contribution in [-0.4, -0.2) is 22.4 Å². The van der Waals surface area contributed by atoms with Crippen molar-refractivity contribution in [1.29, 1.82) is 0 Å². The fourth-order valence-corrected chi connectivity index (χ4v) is 3.23. The first-order chi connectivity index (χ1) is 10.8. The number of pyridine rings is 1. The van der Waals surface area contributed by atoms with Crippen LogP contribution >= 0.6 is 22.7 Å². The lowest BCUT2D eigenvalue weighted by atomic mass is 10.3. The molecule has 0 fully saturated rings. The minimum absolute atomic E-state index is 0.151. The Morgan fingerprint density at radius 2 is 2.14 bits per heavy atom. The molecule has 0 aromatic carbocycles. The molecule has 112 valence electrons. The number of hydrogen-bond donors (Lipinski definition) is 2. The van der Waals surface area contributed by atoms with Gasteiger partial charge in [0.1, 0.15) is 11.5 Å². The van der Waals surface area contributed by atoms with Crippen molar-refractivity contribution in [2.45, 2.75) is 6.42 Å². The molecule has 0 aliphatic heterocycles. The molecule has 0 aliphatic rings. The number of amides is 1. The summed E-state index contributed by atoms with van der Waals surface area (Å²) in [7, 11) is 0. The predicted octanol–water partition coefficient (Wildman–Crippen LogP) is 3.32. The van der Waals surface area contributed by atoms with E-state index in [2.05, 4.69) is 26.7 Å². The standard InChI is InChI=1S/C15H14N4OS2/c20-14(17-8-6-11-4-3-9-21-11)12-10-22-15(18-12)19-13-5-1-2-7-16-13/h1-5,7,9-10H,6,8H2,(H,17,20)(H,16,18,19). The van der Waals surface area contributed by atoms with Gasteiger partial charge in [-0.15, -0.1) is 22.7 Å². The van der Waals surface area contributed by atoms with Crippen LogP contribution in [0.2, 0.25) is 0 Å². The maximum absolute atomic E-state index is 12.0. The van der Waals surface area contributed by atoms with Crippen LogP contribution in [-0.2, 0) is 6.42 Å². The van der Waals surface area contributed by atoms with Gasteiger partial charge in [-0.3, -0.25) is 4.79 Å². The Morgan fingerprint density at radius 1 is 1.18 bits per heavy atom. The largest absolute Gasteiger partial charge is 0.350 e. The number of carbonyl (C=O) groups excluding carboxylic acids is 1. The third kappa shape index (κ3) is 3.90. The van der Waals surface area contributed by atoms with Crippen LogP contribution in [0.1, 0.15) is 15.4 Å². The molecule has 0 atom stereocenters. The molecule has 3 aromatic rings. The van der Waals surface area contributed by atoms with Crippen molar-refractivity contribution in [3.05, 3.63) is 57.9 Å². The zero-order chi connectivity index (χ0) is 15.2. The summed E-state index contributed by atoms with van der Waals surface area (Å²) in [5, 5.41) is 10.4. The van der Waals surface area contributed by atoms with Crippen molar-refractivity contribution in [2.75, 3.05) is 11.9 Å². The lowest BCUT2D eigenvalue weighted by Gasteiger charge is -2.02. The first kappa shape index (κ1) is 14.7. The van der Waals surface area contributed by atoms with Gasteiger partial charge in [0, 0.05) is 23.0 Å². The SMILES string of the molecule is O=C(NCCc1cccs1)c1csc(Nc2ccccn2)n1. The average Bonchev–Trinajstić information content (AvgIpc) is 3.20. The highest BCUT2D eigenvalue weighted by Crippen LogP contribution is 2.19. The van der Waals surface area contributed by atoms with Crippen LogP contribution in [0, 0.1) is 0 Å². The predicted molar refractivity (Wildman–Crippen MR) is 90.0 cm³/mol. The van der Waals surface area contributed by atoms with Crippen molar-refractivity contribution in [3.8, 4) is 0 Å². The van der Waals surface area contributed by atoms with E-state index in [1.807, 2.05) is 29.6 Å². The van der Waals surface area contributed by atoms with Gasteiger partial charge in [0.05, 0.1) is 0 Å². The summed E-state index contributed by atoms with van der Waals surface area (Å²) in [4.78, 5) is 21.7. The molecular formula is C15H14N4OS2. The second-order valence-corrected chi connectivity index (χ2v) is 6.35. The quantitative estimate of drug-likeness (QED) is 0.727. The molecule has 3 aromatic heterocycles. The Morgan fingerprint density at radius 3 is 2.91 bits per heavy atom. The molecule has 22 heavy (non-hydrogen) atoms. The van der Waals surface area contributed by atoms with Gasteiger partial charge < -0.3 is 10.6 Å². The van der Waals surface area contributed by atoms with Gasteiger partial charge >= 0.3 is 0 Å². The lowest BCUT2D eigenvalue weighted by Crippen LogP contribution is -2.25. The Balaban J connectivity index is 1.53. The summed E-state index contributed by atoms with van der Waals surface area (Å²) < 4.78 is 0. The van der Waals surface area contributed by atoms with E-state index in [0.29, 0.717) is 23.2 Å². The molecule has 0 bridgehead atoms. The summed E-state index contributed by atoms with van der Waals surface area (Å²) in [5.41, 5.74) is 0.426. The molecule has 0 saturated carbocycles. The number of thiazole rings is 1. The van der Waals surface area contributed by atoms with Crippen molar-refractivity contribution >= 4 is 39.5 Å². The first-order valence-corrected chi connectivity index (χ1v) is 8.51. The zero-order valence-corrected chi connectivity index (χ0v) is 13.3. The van der Waals surface area contributed by atoms with E-state index in [1.165, 1.54) is 16.2 Å². The molecule has 0 unspecified atom stereocenters. The first-order valence-electron chi connectivity index (χ1n) is 6.75. The number of nitrogens with zero attached hydrogens (tertiary/aromatic N) is 2. The van der Waals surface area contributed by atoms with Crippen molar-refractivity contribution in [3.63, 3.8) is 0 Å². The number of anilines is 2. The number of aromatic nitrogens is 2. The van der Waals surface area contributed by atoms with Gasteiger partial charge in [0.25, 0.3) is 5.91 Å². The second kappa shape index (κ2) is 7.15. The minimum atomic E-state index is -0.151. The Bertz CT molecular complexity index is 725. The van der Waals surface area contributed by atoms with Crippen molar-refractivity contribution in [2.24, 2.45) is 0 Å². The number of nitrogens with one attached hydrogen (secondary N) is 2. The van der Waals surface area contributed by atoms with Gasteiger partial charge in [0.2, 0.25) is 0 Å². The highest BCUT2D eigenvalue weighted by atomic mass is 32.1. The average molecular weight is 330 g/mol. The minimum Gasteiger partial charge on any atom is -0.350 e. The Labute approximate surface area is 136 Å². The Kier molecular flexibility index (Phi) is 4.77. The Hall–Kier alpha value is -2.25. The molecule has 0 saturated heterocycles. The van der Waals surface area contributed by atoms with Crippen LogP contribution in [0.15, 0.2) is 47.3 Å². The summed E-state index contributed by atoms with van der Waals surface area (Å²) in [6.07, 6.45) is 2.54. The van der Waals surface area contributed by atoms with Crippen LogP contribution in [0.4, 0.5) is 10.9 Å². The van der Waals surface area contributed by atoms with E-state index in [9.17, 15) is 4.79 Å². The van der Waals surface area contributed by atoms with Crippen molar-refractivity contribution < 1.29 is 4.79 Å². The maximum atomic E-state index is 12.0. The zero-order valence-electron chi connectivity index (χ0n) is 11.7. The number of rotatable bonds is 6. The van der Waals surface area contributed by atoms with Crippen LogP contribution in [0.5, 0.6) is 0 Å². The smallest absolute Gasteiger partial charge is 0.270 e. The summed E-state index contributed by atoms with van der Waals surface area (Å²) in [6, 6.07) is 9.66. The van der Waals surface area contributed by atoms with Crippen LogP contribution in [0.3, 0.4) is 0 Å². The van der Waals surface area contributed by atoms with Gasteiger partial charge in [-0.1, -0.05) is 12.1 Å².